The summed E-state index contributed by atoms with van der Waals surface area (Å²) in [6.45, 7) is 8.39. The molecule has 1 aliphatic rings. The number of hydrogen-bond acceptors (Lipinski definition) is 4. The molecule has 2 unspecified atom stereocenters. The van der Waals surface area contributed by atoms with E-state index in [1.807, 2.05) is 14.0 Å². The highest BCUT2D eigenvalue weighted by Gasteiger charge is 2.52. The molecule has 0 aromatic carbocycles. The van der Waals surface area contributed by atoms with E-state index in [1.165, 1.54) is 0 Å². The Morgan fingerprint density at radius 3 is 2.71 bits per heavy atom. The highest BCUT2D eigenvalue weighted by Crippen LogP contribution is 2.51. The third-order valence-electron chi connectivity index (χ3n) is 5.04. The molecule has 6 heteroatoms. The maximum absolute atomic E-state index is 12.3. The summed E-state index contributed by atoms with van der Waals surface area (Å²) >= 11 is 0. The van der Waals surface area contributed by atoms with Gasteiger partial charge in [0.2, 0.25) is 5.91 Å². The molecule has 1 aromatic heterocycles. The summed E-state index contributed by atoms with van der Waals surface area (Å²) < 4.78 is 1.80. The van der Waals surface area contributed by atoms with Crippen molar-refractivity contribution < 1.29 is 10.0 Å². The molecule has 6 nitrogen and oxygen atoms in total. The molecule has 1 aliphatic carbocycles. The van der Waals surface area contributed by atoms with E-state index in [0.29, 0.717) is 12.3 Å². The van der Waals surface area contributed by atoms with E-state index in [9.17, 15) is 4.79 Å². The zero-order valence-corrected chi connectivity index (χ0v) is 13.3. The number of aryl methyl sites for hydroxylation is 1. The molecule has 0 radical (unpaired) electrons. The monoisotopic (exact) mass is 292 g/mol. The van der Waals surface area contributed by atoms with Crippen LogP contribution in [0.5, 0.6) is 0 Å². The number of nitrogens with zero attached hydrogens (tertiary/aromatic N) is 3. The zero-order valence-electron chi connectivity index (χ0n) is 13.3. The predicted molar refractivity (Wildman–Crippen MR) is 80.1 cm³/mol. The van der Waals surface area contributed by atoms with Crippen LogP contribution in [0.3, 0.4) is 0 Å². The number of amides is 1. The fourth-order valence-corrected chi connectivity index (χ4v) is 3.17. The normalized spacial score (nSPS) is 24.5. The van der Waals surface area contributed by atoms with Crippen molar-refractivity contribution >= 4 is 11.6 Å². The van der Waals surface area contributed by atoms with Crippen LogP contribution >= 0.6 is 0 Å². The molecule has 116 valence electrons. The second-order valence-electron chi connectivity index (χ2n) is 6.50. The molecule has 21 heavy (non-hydrogen) atoms. The maximum Gasteiger partial charge on any atom is 0.223 e. The number of aromatic nitrogens is 2. The topological polar surface area (TPSA) is 79.5 Å². The fourth-order valence-electron chi connectivity index (χ4n) is 3.17. The number of carbonyl (C=O) groups is 1. The van der Waals surface area contributed by atoms with Crippen LogP contribution in [0.4, 0.5) is 0 Å². The second kappa shape index (κ2) is 5.50. The second-order valence-corrected chi connectivity index (χ2v) is 6.50. The van der Waals surface area contributed by atoms with Crippen molar-refractivity contribution in [2.45, 2.75) is 40.7 Å². The van der Waals surface area contributed by atoms with Crippen LogP contribution in [0, 0.1) is 24.2 Å². The smallest absolute Gasteiger partial charge is 0.223 e. The number of carbonyl (C=O) groups excluding carboxylic acids is 1. The van der Waals surface area contributed by atoms with Crippen LogP contribution in [-0.2, 0) is 18.4 Å². The van der Waals surface area contributed by atoms with Crippen LogP contribution in [-0.4, -0.2) is 26.6 Å². The average molecular weight is 292 g/mol. The summed E-state index contributed by atoms with van der Waals surface area (Å²) in [6, 6.07) is 0. The minimum absolute atomic E-state index is 0.0452. The predicted octanol–water partition coefficient (Wildman–Crippen LogP) is 1.86. The van der Waals surface area contributed by atoms with Crippen molar-refractivity contribution in [3.05, 3.63) is 17.5 Å². The molecule has 2 N–H and O–H groups in total. The maximum atomic E-state index is 12.3. The van der Waals surface area contributed by atoms with Gasteiger partial charge in [-0.15, -0.1) is 0 Å². The largest absolute Gasteiger partial charge is 0.411 e. The first-order valence-electron chi connectivity index (χ1n) is 7.22. The molecule has 1 heterocycles. The minimum Gasteiger partial charge on any atom is -0.411 e. The first-order valence-corrected chi connectivity index (χ1v) is 7.22. The van der Waals surface area contributed by atoms with E-state index in [4.69, 9.17) is 5.21 Å². The molecule has 1 aromatic rings. The van der Waals surface area contributed by atoms with Gasteiger partial charge in [-0.2, -0.15) is 5.10 Å². The van der Waals surface area contributed by atoms with Gasteiger partial charge in [0, 0.05) is 36.7 Å². The lowest BCUT2D eigenvalue weighted by Gasteiger charge is -2.50. The molecule has 0 bridgehead atoms. The Kier molecular flexibility index (Phi) is 4.07. The summed E-state index contributed by atoms with van der Waals surface area (Å²) in [5, 5.41) is 19.3. The number of hydrogen-bond donors (Lipinski definition) is 2. The first kappa shape index (κ1) is 15.5. The molecule has 1 amide bonds. The van der Waals surface area contributed by atoms with Crippen LogP contribution in [0.2, 0.25) is 0 Å². The highest BCUT2D eigenvalue weighted by atomic mass is 16.4. The summed E-state index contributed by atoms with van der Waals surface area (Å²) in [7, 11) is 1.89. The Morgan fingerprint density at radius 2 is 2.24 bits per heavy atom. The van der Waals surface area contributed by atoms with Crippen molar-refractivity contribution in [1.29, 1.82) is 0 Å². The van der Waals surface area contributed by atoms with Crippen LogP contribution < -0.4 is 5.32 Å². The third kappa shape index (κ3) is 2.66. The van der Waals surface area contributed by atoms with Gasteiger partial charge in [-0.3, -0.25) is 9.48 Å². The zero-order chi connectivity index (χ0) is 15.8. The van der Waals surface area contributed by atoms with Crippen molar-refractivity contribution in [2.75, 3.05) is 0 Å². The molecule has 2 rings (SSSR count). The summed E-state index contributed by atoms with van der Waals surface area (Å²) in [4.78, 5) is 12.3. The van der Waals surface area contributed by atoms with E-state index in [-0.39, 0.29) is 23.2 Å². The Hall–Kier alpha value is -1.85. The van der Waals surface area contributed by atoms with Crippen molar-refractivity contribution in [3.63, 3.8) is 0 Å². The minimum atomic E-state index is -0.176. The van der Waals surface area contributed by atoms with Gasteiger partial charge >= 0.3 is 0 Å². The van der Waals surface area contributed by atoms with Crippen LogP contribution in [0.1, 0.15) is 38.4 Å². The van der Waals surface area contributed by atoms with E-state index in [2.05, 4.69) is 29.4 Å². The van der Waals surface area contributed by atoms with Crippen molar-refractivity contribution in [1.82, 2.24) is 15.1 Å². The van der Waals surface area contributed by atoms with Gasteiger partial charge in [0.25, 0.3) is 0 Å². The van der Waals surface area contributed by atoms with Crippen molar-refractivity contribution in [2.24, 2.45) is 29.5 Å². The lowest BCUT2D eigenvalue weighted by atomic mass is 9.53. The summed E-state index contributed by atoms with van der Waals surface area (Å²) in [5.41, 5.74) is 2.62. The first-order chi connectivity index (χ1) is 9.78. The van der Waals surface area contributed by atoms with Gasteiger partial charge in [-0.05, 0) is 25.7 Å². The molecule has 1 saturated carbocycles. The van der Waals surface area contributed by atoms with Gasteiger partial charge in [0.1, 0.15) is 0 Å². The fraction of sp³-hybridized carbons (Fsp3) is 0.667. The average Bonchev–Trinajstić information content (AvgIpc) is 2.75. The van der Waals surface area contributed by atoms with Gasteiger partial charge < -0.3 is 10.5 Å². The summed E-state index contributed by atoms with van der Waals surface area (Å²) in [5.74, 6) is 0.180. The van der Waals surface area contributed by atoms with E-state index < -0.39 is 0 Å². The Balaban J connectivity index is 1.95. The number of rotatable bonds is 4. The Morgan fingerprint density at radius 1 is 1.57 bits per heavy atom. The Bertz CT molecular complexity index is 574. The third-order valence-corrected chi connectivity index (χ3v) is 5.04. The number of nitrogens with one attached hydrogen (secondary N) is 1. The van der Waals surface area contributed by atoms with E-state index in [1.54, 1.807) is 17.8 Å². The highest BCUT2D eigenvalue weighted by molar-refractivity contribution is 5.90. The lowest BCUT2D eigenvalue weighted by molar-refractivity contribution is -0.137. The molecule has 0 aliphatic heterocycles. The molecule has 0 spiro atoms. The SMILES string of the molecule is CC(=NO)C1CC(C(=O)NCc2cnn(C)c2C)C1(C)C. The van der Waals surface area contributed by atoms with E-state index in [0.717, 1.165) is 17.7 Å². The van der Waals surface area contributed by atoms with Gasteiger partial charge in [-0.1, -0.05) is 19.0 Å². The molecular formula is C15H24N4O2. The van der Waals surface area contributed by atoms with Crippen LogP contribution in [0.15, 0.2) is 11.4 Å². The van der Waals surface area contributed by atoms with Gasteiger partial charge in [0.05, 0.1) is 11.9 Å². The standard InChI is InChI=1S/C15H24N4O2/c1-9(18-21)12-6-13(15(12,3)4)14(20)16-7-11-8-17-19(5)10(11)2/h8,12-13,21H,6-7H2,1-5H3,(H,16,20). The van der Waals surface area contributed by atoms with Crippen molar-refractivity contribution in [3.8, 4) is 0 Å². The molecule has 2 atom stereocenters. The molecule has 0 saturated heterocycles. The number of oxime groups is 1. The lowest BCUT2D eigenvalue weighted by Crippen LogP contribution is -2.54. The molecule has 1 fully saturated rings. The Labute approximate surface area is 125 Å². The van der Waals surface area contributed by atoms with Crippen LogP contribution in [0.25, 0.3) is 0 Å². The molecular weight excluding hydrogens is 268 g/mol. The summed E-state index contributed by atoms with van der Waals surface area (Å²) in [6.07, 6.45) is 2.52. The van der Waals surface area contributed by atoms with E-state index >= 15 is 0 Å². The van der Waals surface area contributed by atoms with Gasteiger partial charge in [0.15, 0.2) is 0 Å². The quantitative estimate of drug-likeness (QED) is 0.505. The van der Waals surface area contributed by atoms with Gasteiger partial charge in [-0.25, -0.2) is 0 Å².